The lowest BCUT2D eigenvalue weighted by Crippen LogP contribution is -2.30. The number of methoxy groups -OCH3 is 2. The third-order valence-electron chi connectivity index (χ3n) is 4.51. The van der Waals surface area contributed by atoms with Crippen molar-refractivity contribution in [1.29, 1.82) is 0 Å². The molecular weight excluding hydrogens is 342 g/mol. The number of fused-ring (bicyclic) bond motifs is 1. The van der Waals surface area contributed by atoms with Crippen molar-refractivity contribution in [2.24, 2.45) is 0 Å². The Kier molecular flexibility index (Phi) is 6.08. The monoisotopic (exact) mass is 367 g/mol. The molecule has 0 saturated carbocycles. The van der Waals surface area contributed by atoms with Gasteiger partial charge >= 0.3 is 0 Å². The Morgan fingerprint density at radius 3 is 2.67 bits per heavy atom. The maximum absolute atomic E-state index is 12.6. The van der Waals surface area contributed by atoms with E-state index in [0.29, 0.717) is 18.9 Å². The van der Waals surface area contributed by atoms with E-state index in [2.05, 4.69) is 9.88 Å². The summed E-state index contributed by atoms with van der Waals surface area (Å²) in [5.41, 5.74) is 2.81. The first-order chi connectivity index (χ1) is 13.1. The SMILES string of the molecule is COCCn1c([C@H](C)NC(=O)Cc2ccccc2OC)nc2ccccc21. The highest BCUT2D eigenvalue weighted by atomic mass is 16.5. The number of aromatic nitrogens is 2. The zero-order chi connectivity index (χ0) is 19.2. The van der Waals surface area contributed by atoms with Crippen molar-refractivity contribution in [1.82, 2.24) is 14.9 Å². The molecule has 0 spiro atoms. The molecule has 3 aromatic rings. The molecule has 27 heavy (non-hydrogen) atoms. The minimum atomic E-state index is -0.225. The number of rotatable bonds is 8. The summed E-state index contributed by atoms with van der Waals surface area (Å²) in [7, 11) is 3.29. The summed E-state index contributed by atoms with van der Waals surface area (Å²) in [6.45, 7) is 3.21. The molecule has 0 radical (unpaired) electrons. The average molecular weight is 367 g/mol. The van der Waals surface area contributed by atoms with Crippen LogP contribution in [-0.4, -0.2) is 36.3 Å². The molecule has 6 nitrogen and oxygen atoms in total. The van der Waals surface area contributed by atoms with Crippen LogP contribution in [0.1, 0.15) is 24.4 Å². The number of ether oxygens (including phenoxy) is 2. The van der Waals surface area contributed by atoms with Gasteiger partial charge in [0.1, 0.15) is 11.6 Å². The molecule has 0 aliphatic rings. The smallest absolute Gasteiger partial charge is 0.225 e. The van der Waals surface area contributed by atoms with Crippen molar-refractivity contribution in [3.8, 4) is 5.75 Å². The van der Waals surface area contributed by atoms with Crippen LogP contribution < -0.4 is 10.1 Å². The van der Waals surface area contributed by atoms with Crippen molar-refractivity contribution >= 4 is 16.9 Å². The highest BCUT2D eigenvalue weighted by Gasteiger charge is 2.19. The van der Waals surface area contributed by atoms with Gasteiger partial charge in [0, 0.05) is 19.2 Å². The number of hydrogen-bond donors (Lipinski definition) is 1. The largest absolute Gasteiger partial charge is 0.496 e. The summed E-state index contributed by atoms with van der Waals surface area (Å²) in [4.78, 5) is 17.3. The van der Waals surface area contributed by atoms with E-state index in [1.807, 2.05) is 55.5 Å². The van der Waals surface area contributed by atoms with E-state index in [-0.39, 0.29) is 18.4 Å². The van der Waals surface area contributed by atoms with E-state index < -0.39 is 0 Å². The molecule has 142 valence electrons. The minimum absolute atomic E-state index is 0.0719. The fourth-order valence-electron chi connectivity index (χ4n) is 3.22. The summed E-state index contributed by atoms with van der Waals surface area (Å²) < 4.78 is 12.7. The van der Waals surface area contributed by atoms with Gasteiger partial charge < -0.3 is 19.4 Å². The van der Waals surface area contributed by atoms with Crippen molar-refractivity contribution in [2.75, 3.05) is 20.8 Å². The molecule has 0 saturated heterocycles. The summed E-state index contributed by atoms with van der Waals surface area (Å²) in [6, 6.07) is 15.3. The van der Waals surface area contributed by atoms with Gasteiger partial charge in [0.2, 0.25) is 5.91 Å². The second kappa shape index (κ2) is 8.68. The van der Waals surface area contributed by atoms with Gasteiger partial charge in [-0.25, -0.2) is 4.98 Å². The first-order valence-corrected chi connectivity index (χ1v) is 8.99. The van der Waals surface area contributed by atoms with Gasteiger partial charge in [0.15, 0.2) is 0 Å². The summed E-state index contributed by atoms with van der Waals surface area (Å²) >= 11 is 0. The van der Waals surface area contributed by atoms with Gasteiger partial charge in [0.25, 0.3) is 0 Å². The summed E-state index contributed by atoms with van der Waals surface area (Å²) in [5.74, 6) is 1.46. The molecule has 3 rings (SSSR count). The quantitative estimate of drug-likeness (QED) is 0.664. The number of nitrogens with one attached hydrogen (secondary N) is 1. The van der Waals surface area contributed by atoms with Crippen LogP contribution in [0, 0.1) is 0 Å². The third kappa shape index (κ3) is 4.28. The molecule has 2 aromatic carbocycles. The van der Waals surface area contributed by atoms with E-state index in [9.17, 15) is 4.79 Å². The lowest BCUT2D eigenvalue weighted by atomic mass is 10.1. The van der Waals surface area contributed by atoms with Crippen LogP contribution in [0.15, 0.2) is 48.5 Å². The van der Waals surface area contributed by atoms with E-state index >= 15 is 0 Å². The van der Waals surface area contributed by atoms with Crippen LogP contribution in [0.3, 0.4) is 0 Å². The van der Waals surface area contributed by atoms with Crippen molar-refractivity contribution < 1.29 is 14.3 Å². The number of amides is 1. The zero-order valence-electron chi connectivity index (χ0n) is 15.9. The van der Waals surface area contributed by atoms with Crippen LogP contribution in [0.4, 0.5) is 0 Å². The van der Waals surface area contributed by atoms with Crippen LogP contribution in [0.2, 0.25) is 0 Å². The van der Waals surface area contributed by atoms with Crippen molar-refractivity contribution in [2.45, 2.75) is 25.9 Å². The van der Waals surface area contributed by atoms with Gasteiger partial charge in [-0.3, -0.25) is 4.79 Å². The number of carbonyl (C=O) groups is 1. The number of nitrogens with zero attached hydrogens (tertiary/aromatic N) is 2. The Morgan fingerprint density at radius 1 is 1.15 bits per heavy atom. The lowest BCUT2D eigenvalue weighted by Gasteiger charge is -2.17. The minimum Gasteiger partial charge on any atom is -0.496 e. The van der Waals surface area contributed by atoms with Crippen LogP contribution in [-0.2, 0) is 22.5 Å². The predicted molar refractivity (Wildman–Crippen MR) is 105 cm³/mol. The van der Waals surface area contributed by atoms with Gasteiger partial charge in [-0.05, 0) is 25.1 Å². The Hall–Kier alpha value is -2.86. The first-order valence-electron chi connectivity index (χ1n) is 8.99. The summed E-state index contributed by atoms with van der Waals surface area (Å²) in [5, 5.41) is 3.06. The zero-order valence-corrected chi connectivity index (χ0v) is 15.9. The summed E-state index contributed by atoms with van der Waals surface area (Å²) in [6.07, 6.45) is 0.257. The van der Waals surface area contributed by atoms with Crippen molar-refractivity contribution in [3.05, 3.63) is 59.9 Å². The van der Waals surface area contributed by atoms with Gasteiger partial charge in [-0.1, -0.05) is 30.3 Å². The number of hydrogen-bond acceptors (Lipinski definition) is 4. The molecule has 0 fully saturated rings. The fraction of sp³-hybridized carbons (Fsp3) is 0.333. The average Bonchev–Trinajstić information content (AvgIpc) is 3.05. The second-order valence-corrected chi connectivity index (χ2v) is 6.38. The Labute approximate surface area is 159 Å². The highest BCUT2D eigenvalue weighted by molar-refractivity contribution is 5.80. The molecule has 1 amide bonds. The predicted octanol–water partition coefficient (Wildman–Crippen LogP) is 3.11. The van der Waals surface area contributed by atoms with Crippen LogP contribution in [0.5, 0.6) is 5.75 Å². The Balaban J connectivity index is 1.79. The van der Waals surface area contributed by atoms with Crippen molar-refractivity contribution in [3.63, 3.8) is 0 Å². The molecule has 1 heterocycles. The van der Waals surface area contributed by atoms with Gasteiger partial charge in [-0.2, -0.15) is 0 Å². The number of benzene rings is 2. The number of para-hydroxylation sites is 3. The standard InChI is InChI=1S/C21H25N3O3/c1-15(22-20(25)14-16-8-4-7-11-19(16)27-3)21-23-17-9-5-6-10-18(17)24(21)12-13-26-2/h4-11,15H,12-14H2,1-3H3,(H,22,25)/t15-/m0/s1. The first kappa shape index (κ1) is 18.9. The van der Waals surface area contributed by atoms with E-state index in [4.69, 9.17) is 14.5 Å². The molecule has 1 aromatic heterocycles. The molecule has 0 bridgehead atoms. The van der Waals surface area contributed by atoms with Crippen LogP contribution >= 0.6 is 0 Å². The molecule has 0 aliphatic heterocycles. The van der Waals surface area contributed by atoms with Crippen LogP contribution in [0.25, 0.3) is 11.0 Å². The highest BCUT2D eigenvalue weighted by Crippen LogP contribution is 2.22. The third-order valence-corrected chi connectivity index (χ3v) is 4.51. The molecular formula is C21H25N3O3. The van der Waals surface area contributed by atoms with Gasteiger partial charge in [0.05, 0.1) is 37.2 Å². The fourth-order valence-corrected chi connectivity index (χ4v) is 3.22. The van der Waals surface area contributed by atoms with Gasteiger partial charge in [-0.15, -0.1) is 0 Å². The topological polar surface area (TPSA) is 65.4 Å². The maximum Gasteiger partial charge on any atom is 0.225 e. The Morgan fingerprint density at radius 2 is 1.89 bits per heavy atom. The molecule has 0 aliphatic carbocycles. The lowest BCUT2D eigenvalue weighted by molar-refractivity contribution is -0.121. The number of imidazole rings is 1. The molecule has 0 unspecified atom stereocenters. The van der Waals surface area contributed by atoms with E-state index in [1.165, 1.54) is 0 Å². The normalized spacial score (nSPS) is 12.1. The molecule has 1 atom stereocenters. The van der Waals surface area contributed by atoms with E-state index in [1.54, 1.807) is 14.2 Å². The number of carbonyl (C=O) groups excluding carboxylic acids is 1. The second-order valence-electron chi connectivity index (χ2n) is 6.38. The maximum atomic E-state index is 12.6. The molecule has 1 N–H and O–H groups in total. The Bertz CT molecular complexity index is 920. The molecule has 6 heteroatoms. The van der Waals surface area contributed by atoms with E-state index in [0.717, 1.165) is 22.4 Å².